The number of benzene rings is 1. The van der Waals surface area contributed by atoms with E-state index >= 15 is 0 Å². The number of nitrogens with two attached hydrogens (primary N) is 1. The van der Waals surface area contributed by atoms with E-state index in [-0.39, 0.29) is 5.91 Å². The molecule has 0 saturated heterocycles. The molecule has 0 spiro atoms. The Hall–Kier alpha value is -1.71. The summed E-state index contributed by atoms with van der Waals surface area (Å²) in [5, 5.41) is 3.13. The molecule has 2 rings (SSSR count). The van der Waals surface area contributed by atoms with E-state index in [0.717, 1.165) is 18.5 Å². The summed E-state index contributed by atoms with van der Waals surface area (Å²) in [6.45, 7) is 2.23. The smallest absolute Gasteiger partial charge is 0.253 e. The van der Waals surface area contributed by atoms with E-state index in [1.807, 2.05) is 31.1 Å². The van der Waals surface area contributed by atoms with Crippen molar-refractivity contribution < 1.29 is 4.79 Å². The van der Waals surface area contributed by atoms with Gasteiger partial charge in [-0.25, -0.2) is 0 Å². The fraction of sp³-hybridized carbons (Fsp3) is 0.533. The van der Waals surface area contributed by atoms with Gasteiger partial charge in [-0.2, -0.15) is 0 Å². The monoisotopic (exact) mass is 261 g/mol. The molecule has 104 valence electrons. The van der Waals surface area contributed by atoms with Gasteiger partial charge in [0.1, 0.15) is 0 Å². The molecule has 0 heterocycles. The maximum atomic E-state index is 12.4. The van der Waals surface area contributed by atoms with Crippen molar-refractivity contribution in [2.75, 3.05) is 24.7 Å². The van der Waals surface area contributed by atoms with E-state index in [9.17, 15) is 4.79 Å². The molecule has 1 aromatic rings. The summed E-state index contributed by atoms with van der Waals surface area (Å²) in [6.07, 6.45) is 3.35. The van der Waals surface area contributed by atoms with E-state index in [2.05, 4.69) is 12.2 Å². The van der Waals surface area contributed by atoms with Gasteiger partial charge in [0.2, 0.25) is 0 Å². The molecule has 2 unspecified atom stereocenters. The molecule has 0 bridgehead atoms. The van der Waals surface area contributed by atoms with Gasteiger partial charge in [-0.05, 0) is 43.4 Å². The number of amides is 1. The van der Waals surface area contributed by atoms with Gasteiger partial charge in [-0.15, -0.1) is 0 Å². The van der Waals surface area contributed by atoms with Crippen LogP contribution in [0.1, 0.15) is 36.5 Å². The topological polar surface area (TPSA) is 58.4 Å². The lowest BCUT2D eigenvalue weighted by Gasteiger charge is -2.19. The molecule has 1 aliphatic carbocycles. The minimum Gasteiger partial charge on any atom is -0.399 e. The average Bonchev–Trinajstić information content (AvgIpc) is 2.74. The van der Waals surface area contributed by atoms with Gasteiger partial charge in [0.15, 0.2) is 0 Å². The Morgan fingerprint density at radius 3 is 2.68 bits per heavy atom. The molecular formula is C15H23N3O. The van der Waals surface area contributed by atoms with Crippen LogP contribution in [-0.2, 0) is 0 Å². The third-order valence-electron chi connectivity index (χ3n) is 3.78. The lowest BCUT2D eigenvalue weighted by molar-refractivity contribution is 0.0938. The molecule has 3 N–H and O–H groups in total. The summed E-state index contributed by atoms with van der Waals surface area (Å²) >= 11 is 0. The summed E-state index contributed by atoms with van der Waals surface area (Å²) in [5.41, 5.74) is 7.98. The zero-order chi connectivity index (χ0) is 14.0. The highest BCUT2D eigenvalue weighted by Crippen LogP contribution is 2.26. The van der Waals surface area contributed by atoms with Crippen molar-refractivity contribution in [1.82, 2.24) is 5.32 Å². The van der Waals surface area contributed by atoms with Gasteiger partial charge in [0.25, 0.3) is 5.91 Å². The van der Waals surface area contributed by atoms with Crippen LogP contribution in [0.2, 0.25) is 0 Å². The first-order chi connectivity index (χ1) is 8.97. The zero-order valence-corrected chi connectivity index (χ0v) is 11.9. The first-order valence-electron chi connectivity index (χ1n) is 6.85. The van der Waals surface area contributed by atoms with E-state index in [1.165, 1.54) is 6.42 Å². The van der Waals surface area contributed by atoms with Crippen LogP contribution in [0, 0.1) is 5.92 Å². The first kappa shape index (κ1) is 13.7. The Kier molecular flexibility index (Phi) is 3.98. The molecule has 1 aromatic carbocycles. The SMILES string of the molecule is CC1CCC(NC(=O)c2cc(N)ccc2N(C)C)C1. The predicted octanol–water partition coefficient (Wildman–Crippen LogP) is 2.25. The van der Waals surface area contributed by atoms with E-state index in [1.54, 1.807) is 6.07 Å². The number of nitrogens with one attached hydrogen (secondary N) is 1. The number of carbonyl (C=O) groups excluding carboxylic acids is 1. The summed E-state index contributed by atoms with van der Waals surface area (Å²) < 4.78 is 0. The standard InChI is InChI=1S/C15H23N3O/c1-10-4-6-12(8-10)17-15(19)13-9-11(16)5-7-14(13)18(2)3/h5,7,9-10,12H,4,6,8,16H2,1-3H3,(H,17,19). The molecular weight excluding hydrogens is 238 g/mol. The number of hydrogen-bond donors (Lipinski definition) is 2. The van der Waals surface area contributed by atoms with Crippen LogP contribution < -0.4 is 16.0 Å². The van der Waals surface area contributed by atoms with Crippen LogP contribution in [0.3, 0.4) is 0 Å². The van der Waals surface area contributed by atoms with Crippen LogP contribution in [0.25, 0.3) is 0 Å². The number of nitrogens with zero attached hydrogens (tertiary/aromatic N) is 1. The van der Waals surface area contributed by atoms with Gasteiger partial charge in [-0.3, -0.25) is 4.79 Å². The van der Waals surface area contributed by atoms with Crippen molar-refractivity contribution in [2.45, 2.75) is 32.2 Å². The predicted molar refractivity (Wildman–Crippen MR) is 79.5 cm³/mol. The molecule has 1 amide bonds. The van der Waals surface area contributed by atoms with Gasteiger partial charge in [-0.1, -0.05) is 6.92 Å². The van der Waals surface area contributed by atoms with Crippen LogP contribution in [0.4, 0.5) is 11.4 Å². The third kappa shape index (κ3) is 3.19. The van der Waals surface area contributed by atoms with Crippen molar-refractivity contribution >= 4 is 17.3 Å². The van der Waals surface area contributed by atoms with Gasteiger partial charge in [0.05, 0.1) is 5.56 Å². The molecule has 0 aromatic heterocycles. The Morgan fingerprint density at radius 1 is 1.37 bits per heavy atom. The fourth-order valence-electron chi connectivity index (χ4n) is 2.73. The first-order valence-corrected chi connectivity index (χ1v) is 6.85. The highest BCUT2D eigenvalue weighted by molar-refractivity contribution is 6.00. The van der Waals surface area contributed by atoms with Gasteiger partial charge >= 0.3 is 0 Å². The minimum atomic E-state index is -0.0184. The van der Waals surface area contributed by atoms with E-state index in [4.69, 9.17) is 5.73 Å². The van der Waals surface area contributed by atoms with E-state index in [0.29, 0.717) is 23.2 Å². The molecule has 4 heteroatoms. The zero-order valence-electron chi connectivity index (χ0n) is 11.9. The van der Waals surface area contributed by atoms with Crippen LogP contribution in [-0.4, -0.2) is 26.0 Å². The normalized spacial score (nSPS) is 22.3. The van der Waals surface area contributed by atoms with Crippen molar-refractivity contribution in [1.29, 1.82) is 0 Å². The van der Waals surface area contributed by atoms with Crippen LogP contribution in [0.15, 0.2) is 18.2 Å². The molecule has 4 nitrogen and oxygen atoms in total. The van der Waals surface area contributed by atoms with Crippen LogP contribution in [0.5, 0.6) is 0 Å². The average molecular weight is 261 g/mol. The highest BCUT2D eigenvalue weighted by Gasteiger charge is 2.24. The van der Waals surface area contributed by atoms with Crippen molar-refractivity contribution in [3.05, 3.63) is 23.8 Å². The van der Waals surface area contributed by atoms with Gasteiger partial charge in [0, 0.05) is 31.5 Å². The van der Waals surface area contributed by atoms with E-state index < -0.39 is 0 Å². The fourth-order valence-corrected chi connectivity index (χ4v) is 2.73. The van der Waals surface area contributed by atoms with Crippen molar-refractivity contribution in [2.24, 2.45) is 5.92 Å². The molecule has 1 saturated carbocycles. The Bertz CT molecular complexity index is 470. The number of carbonyl (C=O) groups is 1. The summed E-state index contributed by atoms with van der Waals surface area (Å²) in [5.74, 6) is 0.689. The van der Waals surface area contributed by atoms with Crippen molar-refractivity contribution in [3.63, 3.8) is 0 Å². The molecule has 1 fully saturated rings. The molecule has 2 atom stereocenters. The second kappa shape index (κ2) is 5.51. The number of anilines is 2. The van der Waals surface area contributed by atoms with Gasteiger partial charge < -0.3 is 16.0 Å². The summed E-state index contributed by atoms with van der Waals surface area (Å²) in [4.78, 5) is 14.3. The summed E-state index contributed by atoms with van der Waals surface area (Å²) in [6, 6.07) is 5.77. The second-order valence-electron chi connectivity index (χ2n) is 5.76. The lowest BCUT2D eigenvalue weighted by atomic mass is 10.1. The quantitative estimate of drug-likeness (QED) is 0.820. The maximum absolute atomic E-state index is 12.4. The second-order valence-corrected chi connectivity index (χ2v) is 5.76. The molecule has 0 aliphatic heterocycles. The largest absolute Gasteiger partial charge is 0.399 e. The molecule has 0 radical (unpaired) electrons. The Balaban J connectivity index is 2.16. The van der Waals surface area contributed by atoms with Crippen LogP contribution >= 0.6 is 0 Å². The number of nitrogen functional groups attached to an aromatic ring is 1. The molecule has 19 heavy (non-hydrogen) atoms. The molecule has 1 aliphatic rings. The Morgan fingerprint density at radius 2 is 2.11 bits per heavy atom. The Labute approximate surface area is 115 Å². The lowest BCUT2D eigenvalue weighted by Crippen LogP contribution is -2.33. The van der Waals surface area contributed by atoms with Crippen molar-refractivity contribution in [3.8, 4) is 0 Å². The maximum Gasteiger partial charge on any atom is 0.253 e. The highest BCUT2D eigenvalue weighted by atomic mass is 16.1. The minimum absolute atomic E-state index is 0.0184. The summed E-state index contributed by atoms with van der Waals surface area (Å²) in [7, 11) is 3.86. The number of rotatable bonds is 3. The number of hydrogen-bond acceptors (Lipinski definition) is 3. The third-order valence-corrected chi connectivity index (χ3v) is 3.78.